The molecular weight excluding hydrogens is 626 g/mol. The number of H-pyrrole nitrogens is 1. The molecule has 2 saturated heterocycles. The van der Waals surface area contributed by atoms with E-state index < -0.39 is 21.8 Å². The molecule has 6 rings (SSSR count). The molecule has 12 heteroatoms. The van der Waals surface area contributed by atoms with Crippen molar-refractivity contribution in [2.45, 2.75) is 56.0 Å². The second-order valence-corrected chi connectivity index (χ2v) is 14.6. The molecule has 2 N–H and O–H groups in total. The lowest BCUT2D eigenvalue weighted by Gasteiger charge is -2.28. The fourth-order valence-corrected chi connectivity index (χ4v) is 8.64. The van der Waals surface area contributed by atoms with Crippen molar-refractivity contribution in [3.63, 3.8) is 0 Å². The van der Waals surface area contributed by atoms with Crippen molar-refractivity contribution in [1.29, 1.82) is 0 Å². The van der Waals surface area contributed by atoms with Crippen LogP contribution in [0.3, 0.4) is 0 Å². The Kier molecular flexibility index (Phi) is 8.38. The summed E-state index contributed by atoms with van der Waals surface area (Å²) in [7, 11) is -3.86. The molecule has 2 atom stereocenters. The Balaban J connectivity index is 1.28. The molecular formula is C32H33Cl2FN4O4S. The Morgan fingerprint density at radius 1 is 1.11 bits per heavy atom. The number of amides is 2. The van der Waals surface area contributed by atoms with E-state index in [-0.39, 0.29) is 38.4 Å². The summed E-state index contributed by atoms with van der Waals surface area (Å²) in [5, 5.41) is 3.31. The summed E-state index contributed by atoms with van der Waals surface area (Å²) in [5.74, 6) is -0.851. The number of aromatic nitrogens is 1. The van der Waals surface area contributed by atoms with E-state index in [0.29, 0.717) is 71.9 Å². The first-order chi connectivity index (χ1) is 20.9. The molecule has 2 fully saturated rings. The van der Waals surface area contributed by atoms with Gasteiger partial charge >= 0.3 is 0 Å². The summed E-state index contributed by atoms with van der Waals surface area (Å²) in [5.41, 5.74) is 4.06. The zero-order chi connectivity index (χ0) is 31.3. The lowest BCUT2D eigenvalue weighted by Crippen LogP contribution is -2.43. The second-order valence-electron chi connectivity index (χ2n) is 11.8. The van der Waals surface area contributed by atoms with E-state index in [9.17, 15) is 22.4 Å². The van der Waals surface area contributed by atoms with Gasteiger partial charge in [0.15, 0.2) is 9.84 Å². The third-order valence-corrected chi connectivity index (χ3v) is 11.2. The summed E-state index contributed by atoms with van der Waals surface area (Å²) in [6, 6.07) is 9.34. The average molecular weight is 660 g/mol. The summed E-state index contributed by atoms with van der Waals surface area (Å²) < 4.78 is 40.6. The number of anilines is 1. The average Bonchev–Trinajstić information content (AvgIpc) is 3.73. The maximum absolute atomic E-state index is 13.8. The van der Waals surface area contributed by atoms with E-state index in [1.54, 1.807) is 30.3 Å². The molecule has 232 valence electrons. The maximum Gasteiger partial charge on any atom is 0.256 e. The van der Waals surface area contributed by atoms with Crippen molar-refractivity contribution in [2.75, 3.05) is 31.5 Å². The van der Waals surface area contributed by atoms with Crippen LogP contribution >= 0.6 is 23.2 Å². The molecule has 2 amide bonds. The number of likely N-dealkylation sites (tertiary alicyclic amines) is 2. The van der Waals surface area contributed by atoms with Gasteiger partial charge < -0.3 is 15.2 Å². The van der Waals surface area contributed by atoms with Crippen LogP contribution in [-0.4, -0.2) is 73.4 Å². The summed E-state index contributed by atoms with van der Waals surface area (Å²) in [6.07, 6.45) is 3.17. The summed E-state index contributed by atoms with van der Waals surface area (Å²) in [6.45, 7) is 6.09. The van der Waals surface area contributed by atoms with Gasteiger partial charge in [0.05, 0.1) is 21.8 Å². The molecule has 0 aliphatic carbocycles. The first-order valence-electron chi connectivity index (χ1n) is 14.6. The zero-order valence-corrected chi connectivity index (χ0v) is 26.8. The standard InChI is InChI=1S/C32H33Cl2FN4O4S/c1-18-29(36-19(2)30(18)32(41)39-11-4-5-21(39)16-38-12-10-20(35)15-38)14-24-23-13-22(8-9-28(23)37-31(24)40)44(42,43)17-25-26(33)6-3-7-27(25)34/h3,6-9,13-14,20-21,36H,4-5,10-12,15-17H2,1-2H3,(H,37,40)/t20-,21-/m1/s1. The predicted molar refractivity (Wildman–Crippen MR) is 171 cm³/mol. The SMILES string of the molecule is Cc1[nH]c(C=C2C(=O)Nc3ccc(S(=O)(=O)Cc4c(Cl)cccc4Cl)cc32)c(C)c1C(=O)N1CCC[C@@H]1CN1CC[C@@H](F)C1. The minimum Gasteiger partial charge on any atom is -0.358 e. The van der Waals surface area contributed by atoms with Gasteiger partial charge in [0.1, 0.15) is 6.17 Å². The second kappa shape index (κ2) is 12.0. The van der Waals surface area contributed by atoms with E-state index in [4.69, 9.17) is 23.2 Å². The van der Waals surface area contributed by atoms with Gasteiger partial charge in [-0.3, -0.25) is 14.5 Å². The highest BCUT2D eigenvalue weighted by atomic mass is 35.5. The molecule has 0 spiro atoms. The number of hydrogen-bond acceptors (Lipinski definition) is 5. The minimum atomic E-state index is -3.86. The third kappa shape index (κ3) is 5.80. The van der Waals surface area contributed by atoms with Crippen LogP contribution in [0.2, 0.25) is 10.0 Å². The number of nitrogens with one attached hydrogen (secondary N) is 2. The highest BCUT2D eigenvalue weighted by Crippen LogP contribution is 2.37. The van der Waals surface area contributed by atoms with Gasteiger partial charge in [-0.15, -0.1) is 0 Å². The predicted octanol–water partition coefficient (Wildman–Crippen LogP) is 6.05. The quantitative estimate of drug-likeness (QED) is 0.301. The molecule has 3 aromatic rings. The number of rotatable bonds is 7. The van der Waals surface area contributed by atoms with Crippen molar-refractivity contribution < 1.29 is 22.4 Å². The van der Waals surface area contributed by atoms with Crippen LogP contribution in [-0.2, 0) is 20.4 Å². The molecule has 8 nitrogen and oxygen atoms in total. The molecule has 0 radical (unpaired) electrons. The third-order valence-electron chi connectivity index (χ3n) is 8.83. The van der Waals surface area contributed by atoms with Crippen LogP contribution in [0.1, 0.15) is 57.7 Å². The van der Waals surface area contributed by atoms with Crippen LogP contribution in [0, 0.1) is 13.8 Å². The Hall–Kier alpha value is -3.18. The topological polar surface area (TPSA) is 103 Å². The molecule has 0 unspecified atom stereocenters. The summed E-state index contributed by atoms with van der Waals surface area (Å²) in [4.78, 5) is 34.2. The van der Waals surface area contributed by atoms with Crippen LogP contribution in [0.25, 0.3) is 11.6 Å². The van der Waals surface area contributed by atoms with E-state index >= 15 is 0 Å². The Morgan fingerprint density at radius 2 is 1.86 bits per heavy atom. The highest BCUT2D eigenvalue weighted by molar-refractivity contribution is 7.90. The van der Waals surface area contributed by atoms with Crippen molar-refractivity contribution in [2.24, 2.45) is 0 Å². The molecule has 2 aromatic carbocycles. The van der Waals surface area contributed by atoms with Crippen molar-refractivity contribution in [1.82, 2.24) is 14.8 Å². The van der Waals surface area contributed by atoms with Crippen molar-refractivity contribution in [3.05, 3.63) is 80.1 Å². The van der Waals surface area contributed by atoms with E-state index in [1.165, 1.54) is 12.1 Å². The maximum atomic E-state index is 13.8. The van der Waals surface area contributed by atoms with Crippen LogP contribution in [0.15, 0.2) is 41.3 Å². The Bertz CT molecular complexity index is 1790. The van der Waals surface area contributed by atoms with E-state index in [1.807, 2.05) is 18.7 Å². The normalized spacial score (nSPS) is 21.3. The van der Waals surface area contributed by atoms with E-state index in [2.05, 4.69) is 15.2 Å². The van der Waals surface area contributed by atoms with Crippen molar-refractivity contribution >= 4 is 62.2 Å². The number of carbonyl (C=O) groups excluding carboxylic acids is 2. The first-order valence-corrected chi connectivity index (χ1v) is 17.0. The first kappa shape index (κ1) is 30.8. The van der Waals surface area contributed by atoms with Gasteiger partial charge in [-0.05, 0) is 75.1 Å². The molecule has 1 aromatic heterocycles. The molecule has 0 bridgehead atoms. The van der Waals surface area contributed by atoms with Crippen molar-refractivity contribution in [3.8, 4) is 0 Å². The number of fused-ring (bicyclic) bond motifs is 1. The van der Waals surface area contributed by atoms with Crippen LogP contribution in [0.5, 0.6) is 0 Å². The van der Waals surface area contributed by atoms with Gasteiger partial charge in [0, 0.05) is 70.5 Å². The number of aromatic amines is 1. The monoisotopic (exact) mass is 658 g/mol. The molecule has 44 heavy (non-hydrogen) atoms. The Labute approximate surface area is 266 Å². The number of sulfone groups is 1. The Morgan fingerprint density at radius 3 is 2.57 bits per heavy atom. The fraction of sp³-hybridized carbons (Fsp3) is 0.375. The molecule has 3 aliphatic heterocycles. The number of benzene rings is 2. The lowest BCUT2D eigenvalue weighted by atomic mass is 10.0. The molecule has 4 heterocycles. The van der Waals surface area contributed by atoms with Gasteiger partial charge in [-0.25, -0.2) is 12.8 Å². The molecule has 3 aliphatic rings. The minimum absolute atomic E-state index is 0.0248. The number of carbonyl (C=O) groups is 2. The number of alkyl halides is 1. The number of nitrogens with zero attached hydrogens (tertiary/aromatic N) is 2. The largest absolute Gasteiger partial charge is 0.358 e. The van der Waals surface area contributed by atoms with Gasteiger partial charge in [-0.1, -0.05) is 29.3 Å². The number of aryl methyl sites for hydroxylation is 1. The molecule has 0 saturated carbocycles. The number of hydrogen-bond donors (Lipinski definition) is 2. The zero-order valence-electron chi connectivity index (χ0n) is 24.4. The van der Waals surface area contributed by atoms with E-state index in [0.717, 1.165) is 12.8 Å². The van der Waals surface area contributed by atoms with Crippen LogP contribution < -0.4 is 5.32 Å². The van der Waals surface area contributed by atoms with Gasteiger partial charge in [0.2, 0.25) is 0 Å². The highest BCUT2D eigenvalue weighted by Gasteiger charge is 2.35. The van der Waals surface area contributed by atoms with Gasteiger partial charge in [-0.2, -0.15) is 0 Å². The summed E-state index contributed by atoms with van der Waals surface area (Å²) >= 11 is 12.5. The van der Waals surface area contributed by atoms with Crippen LogP contribution in [0.4, 0.5) is 10.1 Å². The fourth-order valence-electron chi connectivity index (χ4n) is 6.52. The van der Waals surface area contributed by atoms with Gasteiger partial charge in [0.25, 0.3) is 11.8 Å². The number of halogens is 3. The lowest BCUT2D eigenvalue weighted by molar-refractivity contribution is -0.110. The smallest absolute Gasteiger partial charge is 0.256 e.